The maximum Gasteiger partial charge on any atom is 0.447 e. The molecule has 0 fully saturated rings. The Balaban J connectivity index is 2.93. The Morgan fingerprint density at radius 1 is 0.938 bits per heavy atom. The van der Waals surface area contributed by atoms with Crippen LogP contribution in [0, 0.1) is 10.8 Å². The van der Waals surface area contributed by atoms with Gasteiger partial charge in [-0.15, -0.1) is 11.8 Å². The molecule has 0 aromatic carbocycles. The van der Waals surface area contributed by atoms with E-state index in [4.69, 9.17) is 9.68 Å². The van der Waals surface area contributed by atoms with Crippen molar-refractivity contribution in [2.75, 3.05) is 20.4 Å². The summed E-state index contributed by atoms with van der Waals surface area (Å²) in [6, 6.07) is 0. The smallest absolute Gasteiger partial charge is 0.296 e. The van der Waals surface area contributed by atoms with Gasteiger partial charge in [0.15, 0.2) is 5.71 Å². The SMILES string of the molecule is CSC(C)=NOC(=O)N(C)SN(C)C(=O)ON=C1C=C(C(C)(C)C)C=C(C(C)(C)C)C1=O. The molecule has 0 saturated carbocycles. The first-order valence-electron chi connectivity index (χ1n) is 9.81. The molecule has 32 heavy (non-hydrogen) atoms. The summed E-state index contributed by atoms with van der Waals surface area (Å²) in [5, 5.41) is 8.04. The number of ketones is 1. The third-order valence-electron chi connectivity index (χ3n) is 4.27. The van der Waals surface area contributed by atoms with Crippen molar-refractivity contribution in [3.63, 3.8) is 0 Å². The van der Waals surface area contributed by atoms with Crippen LogP contribution in [-0.4, -0.2) is 57.7 Å². The lowest BCUT2D eigenvalue weighted by atomic mass is 9.74. The van der Waals surface area contributed by atoms with Crippen LogP contribution in [0.25, 0.3) is 0 Å². The lowest BCUT2D eigenvalue weighted by Gasteiger charge is -2.29. The molecule has 2 amide bonds. The number of carbonyl (C=O) groups excluding carboxylic acids is 3. The van der Waals surface area contributed by atoms with Crippen molar-refractivity contribution in [2.45, 2.75) is 48.5 Å². The Labute approximate surface area is 198 Å². The zero-order valence-corrected chi connectivity index (χ0v) is 21.9. The quantitative estimate of drug-likeness (QED) is 0.134. The second-order valence-electron chi connectivity index (χ2n) is 9.07. The number of nitrogens with zero attached hydrogens (tertiary/aromatic N) is 4. The maximum atomic E-state index is 12.9. The van der Waals surface area contributed by atoms with Crippen molar-refractivity contribution < 1.29 is 24.1 Å². The van der Waals surface area contributed by atoms with Crippen molar-refractivity contribution in [1.82, 2.24) is 8.61 Å². The molecule has 1 aliphatic rings. The average molecular weight is 485 g/mol. The van der Waals surface area contributed by atoms with Crippen LogP contribution in [0.5, 0.6) is 0 Å². The van der Waals surface area contributed by atoms with Gasteiger partial charge >= 0.3 is 12.2 Å². The summed E-state index contributed by atoms with van der Waals surface area (Å²) >= 11 is 2.07. The number of thioether (sulfide) groups is 1. The van der Waals surface area contributed by atoms with Crippen molar-refractivity contribution in [3.8, 4) is 0 Å². The minimum atomic E-state index is -0.865. The number of allylic oxidation sites excluding steroid dienone is 4. The highest BCUT2D eigenvalue weighted by Gasteiger charge is 2.33. The molecule has 0 aliphatic heterocycles. The number of rotatable bonds is 4. The molecule has 0 aromatic heterocycles. The summed E-state index contributed by atoms with van der Waals surface area (Å²) in [6.07, 6.45) is 3.68. The van der Waals surface area contributed by atoms with Crippen LogP contribution in [0.15, 0.2) is 33.6 Å². The summed E-state index contributed by atoms with van der Waals surface area (Å²) in [5.74, 6) is -0.295. The van der Waals surface area contributed by atoms with E-state index in [1.54, 1.807) is 19.3 Å². The van der Waals surface area contributed by atoms with Crippen LogP contribution < -0.4 is 0 Å². The van der Waals surface area contributed by atoms with Gasteiger partial charge in [0.25, 0.3) is 0 Å². The number of hydrogen-bond donors (Lipinski definition) is 0. The Morgan fingerprint density at radius 2 is 1.47 bits per heavy atom. The fourth-order valence-corrected chi connectivity index (χ4v) is 2.94. The molecule has 1 rings (SSSR count). The Bertz CT molecular complexity index is 880. The lowest BCUT2D eigenvalue weighted by Crippen LogP contribution is -2.31. The fraction of sp³-hybridized carbons (Fsp3) is 0.571. The molecule has 0 heterocycles. The molecule has 0 spiro atoms. The topological polar surface area (TPSA) is 101 Å². The number of carbonyl (C=O) groups is 3. The van der Waals surface area contributed by atoms with Gasteiger partial charge in [-0.05, 0) is 35.7 Å². The summed E-state index contributed by atoms with van der Waals surface area (Å²) in [5.41, 5.74) is 0.909. The van der Waals surface area contributed by atoms with Gasteiger partial charge in [0.05, 0.1) is 12.1 Å². The van der Waals surface area contributed by atoms with Gasteiger partial charge in [0.1, 0.15) is 5.04 Å². The fourth-order valence-electron chi connectivity index (χ4n) is 2.27. The second kappa shape index (κ2) is 11.0. The minimum absolute atomic E-state index is 0.0451. The van der Waals surface area contributed by atoms with Gasteiger partial charge < -0.3 is 0 Å². The molecular formula is C21H32N4O5S2. The van der Waals surface area contributed by atoms with Crippen LogP contribution in [0.4, 0.5) is 9.59 Å². The van der Waals surface area contributed by atoms with E-state index in [1.165, 1.54) is 25.9 Å². The van der Waals surface area contributed by atoms with E-state index in [2.05, 4.69) is 10.3 Å². The van der Waals surface area contributed by atoms with E-state index in [9.17, 15) is 14.4 Å². The Hall–Kier alpha value is -2.27. The van der Waals surface area contributed by atoms with Gasteiger partial charge in [-0.2, -0.15) is 0 Å². The van der Waals surface area contributed by atoms with Crippen LogP contribution in [-0.2, 0) is 14.5 Å². The highest BCUT2D eigenvalue weighted by molar-refractivity contribution is 8.13. The van der Waals surface area contributed by atoms with Crippen LogP contribution in [0.3, 0.4) is 0 Å². The van der Waals surface area contributed by atoms with Crippen LogP contribution >= 0.6 is 23.9 Å². The molecule has 0 unspecified atom stereocenters. The summed E-state index contributed by atoms with van der Waals surface area (Å²) in [6.45, 7) is 13.6. The van der Waals surface area contributed by atoms with Gasteiger partial charge in [0, 0.05) is 19.7 Å². The zero-order valence-electron chi connectivity index (χ0n) is 20.3. The predicted molar refractivity (Wildman–Crippen MR) is 130 cm³/mol. The molecule has 0 bridgehead atoms. The average Bonchev–Trinajstić information content (AvgIpc) is 2.68. The molecule has 0 atom stereocenters. The highest BCUT2D eigenvalue weighted by Crippen LogP contribution is 2.36. The van der Waals surface area contributed by atoms with Crippen molar-refractivity contribution >= 4 is 52.6 Å². The number of amides is 2. The first kappa shape index (κ1) is 27.8. The minimum Gasteiger partial charge on any atom is -0.296 e. The molecular weight excluding hydrogens is 452 g/mol. The van der Waals surface area contributed by atoms with Crippen molar-refractivity contribution in [3.05, 3.63) is 23.3 Å². The molecule has 0 saturated heterocycles. The molecule has 9 nitrogen and oxygen atoms in total. The van der Waals surface area contributed by atoms with E-state index in [1.807, 2.05) is 47.6 Å². The van der Waals surface area contributed by atoms with Gasteiger partial charge in [-0.25, -0.2) is 18.2 Å². The number of oxime groups is 2. The molecule has 0 radical (unpaired) electrons. The van der Waals surface area contributed by atoms with Gasteiger partial charge in [0.2, 0.25) is 5.78 Å². The summed E-state index contributed by atoms with van der Waals surface area (Å²) < 4.78 is 2.11. The van der Waals surface area contributed by atoms with E-state index in [0.717, 1.165) is 26.3 Å². The highest BCUT2D eigenvalue weighted by atomic mass is 32.2. The first-order chi connectivity index (χ1) is 14.6. The molecule has 11 heteroatoms. The van der Waals surface area contributed by atoms with Crippen molar-refractivity contribution in [1.29, 1.82) is 0 Å². The summed E-state index contributed by atoms with van der Waals surface area (Å²) in [7, 11) is 2.81. The third-order valence-corrected chi connectivity index (χ3v) is 5.73. The standard InChI is InChI=1S/C21H32N4O5S2/c1-13(31-10)22-29-18(27)24(8)32-25(9)19(28)30-23-16-12-14(20(2,3)4)11-15(17(16)26)21(5,6)7/h11-12H,1-10H3. The Morgan fingerprint density at radius 3 is 1.94 bits per heavy atom. The lowest BCUT2D eigenvalue weighted by molar-refractivity contribution is -0.110. The van der Waals surface area contributed by atoms with Gasteiger partial charge in [-0.3, -0.25) is 14.5 Å². The van der Waals surface area contributed by atoms with E-state index in [0.29, 0.717) is 10.6 Å². The summed E-state index contributed by atoms with van der Waals surface area (Å²) in [4.78, 5) is 46.9. The third kappa shape index (κ3) is 8.01. The molecule has 178 valence electrons. The normalized spacial score (nSPS) is 16.4. The predicted octanol–water partition coefficient (Wildman–Crippen LogP) is 5.27. The zero-order chi connectivity index (χ0) is 24.9. The van der Waals surface area contributed by atoms with Crippen LogP contribution in [0.1, 0.15) is 48.5 Å². The van der Waals surface area contributed by atoms with E-state index >= 15 is 0 Å². The largest absolute Gasteiger partial charge is 0.447 e. The van der Waals surface area contributed by atoms with Crippen LogP contribution in [0.2, 0.25) is 0 Å². The number of hydrogen-bond acceptors (Lipinski definition) is 9. The van der Waals surface area contributed by atoms with Crippen molar-refractivity contribution in [2.24, 2.45) is 21.1 Å². The van der Waals surface area contributed by atoms with E-state index in [-0.39, 0.29) is 16.9 Å². The Kier molecular flexibility index (Phi) is 9.58. The second-order valence-corrected chi connectivity index (χ2v) is 11.3. The first-order valence-corrected chi connectivity index (χ1v) is 11.8. The number of Topliss-reactive ketones (excluding diaryl/α,β-unsaturated/α-hetero) is 1. The molecule has 0 aromatic rings. The molecule has 1 aliphatic carbocycles. The molecule has 0 N–H and O–H groups in total. The van der Waals surface area contributed by atoms with E-state index < -0.39 is 17.6 Å². The maximum absolute atomic E-state index is 12.9. The monoisotopic (exact) mass is 484 g/mol. The van der Waals surface area contributed by atoms with Gasteiger partial charge in [-0.1, -0.05) is 57.9 Å².